The molecular formula is C10H11FIN. The summed E-state index contributed by atoms with van der Waals surface area (Å²) in [4.78, 5) is 0. The van der Waals surface area contributed by atoms with Crippen LogP contribution in [-0.4, -0.2) is 6.04 Å². The van der Waals surface area contributed by atoms with Gasteiger partial charge in [0.25, 0.3) is 0 Å². The smallest absolute Gasteiger partial charge is 0.138 e. The Bertz CT molecular complexity index is 310. The quantitative estimate of drug-likeness (QED) is 0.824. The summed E-state index contributed by atoms with van der Waals surface area (Å²) < 4.78 is 13.8. The Balaban J connectivity index is 2.07. The molecule has 1 fully saturated rings. The predicted octanol–water partition coefficient (Wildman–Crippen LogP) is 3.39. The van der Waals surface area contributed by atoms with Gasteiger partial charge >= 0.3 is 0 Å². The molecule has 1 N–H and O–H groups in total. The van der Waals surface area contributed by atoms with Gasteiger partial charge in [-0.1, -0.05) is 0 Å². The van der Waals surface area contributed by atoms with E-state index in [1.54, 1.807) is 12.1 Å². The molecule has 2 rings (SSSR count). The largest absolute Gasteiger partial charge is 0.382 e. The number of halogens is 2. The molecule has 1 nitrogen and oxygen atoms in total. The van der Waals surface area contributed by atoms with Gasteiger partial charge in [0, 0.05) is 15.3 Å². The Labute approximate surface area is 90.9 Å². The second-order valence-corrected chi connectivity index (χ2v) is 4.56. The lowest BCUT2D eigenvalue weighted by atomic mass is 9.93. The minimum Gasteiger partial charge on any atom is -0.382 e. The van der Waals surface area contributed by atoms with Crippen LogP contribution in [-0.2, 0) is 0 Å². The molecule has 70 valence electrons. The molecule has 0 amide bonds. The molecule has 0 saturated heterocycles. The number of nitrogens with one attached hydrogen (secondary N) is 1. The summed E-state index contributed by atoms with van der Waals surface area (Å²) >= 11 is 2.00. The Morgan fingerprint density at radius 3 is 2.69 bits per heavy atom. The molecule has 1 aliphatic rings. The molecule has 3 heteroatoms. The van der Waals surface area contributed by atoms with E-state index in [4.69, 9.17) is 0 Å². The van der Waals surface area contributed by atoms with Crippen molar-refractivity contribution in [1.29, 1.82) is 0 Å². The first-order valence-corrected chi connectivity index (χ1v) is 5.55. The fourth-order valence-corrected chi connectivity index (χ4v) is 1.71. The molecule has 1 aromatic carbocycles. The molecule has 0 unspecified atom stereocenters. The average Bonchev–Trinajstić information content (AvgIpc) is 2.04. The van der Waals surface area contributed by atoms with Crippen molar-refractivity contribution in [3.63, 3.8) is 0 Å². The highest BCUT2D eigenvalue weighted by Crippen LogP contribution is 2.24. The van der Waals surface area contributed by atoms with Crippen LogP contribution in [0.5, 0.6) is 0 Å². The first kappa shape index (κ1) is 9.24. The lowest BCUT2D eigenvalue weighted by Gasteiger charge is -2.27. The summed E-state index contributed by atoms with van der Waals surface area (Å²) in [7, 11) is 0. The van der Waals surface area contributed by atoms with Crippen molar-refractivity contribution in [2.75, 3.05) is 5.32 Å². The maximum absolute atomic E-state index is 13.1. The zero-order chi connectivity index (χ0) is 9.26. The molecule has 1 saturated carbocycles. The van der Waals surface area contributed by atoms with E-state index in [-0.39, 0.29) is 5.82 Å². The van der Waals surface area contributed by atoms with Gasteiger partial charge in [0.05, 0.1) is 0 Å². The van der Waals surface area contributed by atoms with E-state index < -0.39 is 0 Å². The minimum atomic E-state index is -0.134. The third kappa shape index (κ3) is 2.13. The van der Waals surface area contributed by atoms with Crippen LogP contribution in [0.2, 0.25) is 0 Å². The molecule has 0 bridgehead atoms. The van der Waals surface area contributed by atoms with Gasteiger partial charge < -0.3 is 5.32 Å². The highest BCUT2D eigenvalue weighted by Gasteiger charge is 2.16. The third-order valence-electron chi connectivity index (χ3n) is 2.40. The van der Waals surface area contributed by atoms with E-state index in [0.29, 0.717) is 9.61 Å². The molecule has 0 heterocycles. The van der Waals surface area contributed by atoms with Crippen molar-refractivity contribution in [2.24, 2.45) is 0 Å². The molecule has 13 heavy (non-hydrogen) atoms. The maximum Gasteiger partial charge on any atom is 0.138 e. The second-order valence-electron chi connectivity index (χ2n) is 3.40. The van der Waals surface area contributed by atoms with E-state index in [1.807, 2.05) is 28.7 Å². The zero-order valence-electron chi connectivity index (χ0n) is 7.19. The monoisotopic (exact) mass is 291 g/mol. The van der Waals surface area contributed by atoms with Crippen LogP contribution >= 0.6 is 22.6 Å². The summed E-state index contributed by atoms with van der Waals surface area (Å²) in [5.41, 5.74) is 0.905. The summed E-state index contributed by atoms with van der Waals surface area (Å²) in [6, 6.07) is 5.87. The first-order chi connectivity index (χ1) is 6.25. The van der Waals surface area contributed by atoms with Crippen LogP contribution in [0.4, 0.5) is 10.1 Å². The van der Waals surface area contributed by atoms with Gasteiger partial charge in [0.15, 0.2) is 0 Å². The van der Waals surface area contributed by atoms with E-state index in [2.05, 4.69) is 5.32 Å². The van der Waals surface area contributed by atoms with Gasteiger partial charge in [-0.05, 0) is 60.1 Å². The van der Waals surface area contributed by atoms with Gasteiger partial charge in [-0.25, -0.2) is 4.39 Å². The molecule has 0 atom stereocenters. The van der Waals surface area contributed by atoms with Crippen LogP contribution in [0.15, 0.2) is 18.2 Å². The Kier molecular flexibility index (Phi) is 2.71. The van der Waals surface area contributed by atoms with E-state index in [9.17, 15) is 4.39 Å². The number of anilines is 1. The van der Waals surface area contributed by atoms with Gasteiger partial charge in [-0.3, -0.25) is 0 Å². The normalized spacial score (nSPS) is 16.8. The van der Waals surface area contributed by atoms with E-state index >= 15 is 0 Å². The van der Waals surface area contributed by atoms with Crippen molar-refractivity contribution in [1.82, 2.24) is 0 Å². The van der Waals surface area contributed by atoms with Crippen molar-refractivity contribution < 1.29 is 4.39 Å². The molecule has 1 aliphatic carbocycles. The Hall–Kier alpha value is -0.320. The molecule has 0 aromatic heterocycles. The van der Waals surface area contributed by atoms with Crippen LogP contribution in [0.25, 0.3) is 0 Å². The number of hydrogen-bond donors (Lipinski definition) is 1. The first-order valence-electron chi connectivity index (χ1n) is 4.47. The third-order valence-corrected chi connectivity index (χ3v) is 3.27. The van der Waals surface area contributed by atoms with E-state index in [0.717, 1.165) is 5.69 Å². The average molecular weight is 291 g/mol. The summed E-state index contributed by atoms with van der Waals surface area (Å²) in [5, 5.41) is 3.30. The molecule has 0 radical (unpaired) electrons. The highest BCUT2D eigenvalue weighted by molar-refractivity contribution is 14.1. The van der Waals surface area contributed by atoms with Gasteiger partial charge in [-0.2, -0.15) is 0 Å². The standard InChI is InChI=1S/C10H11FIN/c11-9-6-8(4-5-10(9)12)13-7-2-1-3-7/h4-7,13H,1-3H2. The molecular weight excluding hydrogens is 280 g/mol. The van der Waals surface area contributed by atoms with Crippen LogP contribution in [0.3, 0.4) is 0 Å². The fraction of sp³-hybridized carbons (Fsp3) is 0.400. The molecule has 0 spiro atoms. The van der Waals surface area contributed by atoms with E-state index in [1.165, 1.54) is 19.3 Å². The number of hydrogen-bond acceptors (Lipinski definition) is 1. The van der Waals surface area contributed by atoms with Crippen molar-refractivity contribution in [3.8, 4) is 0 Å². The Morgan fingerprint density at radius 1 is 1.38 bits per heavy atom. The van der Waals surface area contributed by atoms with Crippen LogP contribution < -0.4 is 5.32 Å². The summed E-state index contributed by atoms with van der Waals surface area (Å²) in [5.74, 6) is -0.134. The van der Waals surface area contributed by atoms with Crippen molar-refractivity contribution in [3.05, 3.63) is 27.6 Å². The Morgan fingerprint density at radius 2 is 2.15 bits per heavy atom. The van der Waals surface area contributed by atoms with Gasteiger partial charge in [-0.15, -0.1) is 0 Å². The topological polar surface area (TPSA) is 12.0 Å². The maximum atomic E-state index is 13.1. The fourth-order valence-electron chi connectivity index (χ4n) is 1.37. The number of benzene rings is 1. The summed E-state index contributed by atoms with van der Waals surface area (Å²) in [6.45, 7) is 0. The lowest BCUT2D eigenvalue weighted by Crippen LogP contribution is -2.26. The summed E-state index contributed by atoms with van der Waals surface area (Å²) in [6.07, 6.45) is 3.73. The minimum absolute atomic E-state index is 0.134. The lowest BCUT2D eigenvalue weighted by molar-refractivity contribution is 0.445. The number of rotatable bonds is 2. The second kappa shape index (κ2) is 3.82. The molecule has 1 aromatic rings. The highest BCUT2D eigenvalue weighted by atomic mass is 127. The SMILES string of the molecule is Fc1cc(NC2CCC2)ccc1I. The van der Waals surface area contributed by atoms with Crippen molar-refractivity contribution >= 4 is 28.3 Å². The van der Waals surface area contributed by atoms with Gasteiger partial charge in [0.1, 0.15) is 5.82 Å². The molecule has 0 aliphatic heterocycles. The van der Waals surface area contributed by atoms with Gasteiger partial charge in [0.2, 0.25) is 0 Å². The van der Waals surface area contributed by atoms with Crippen LogP contribution in [0, 0.1) is 9.39 Å². The zero-order valence-corrected chi connectivity index (χ0v) is 9.34. The van der Waals surface area contributed by atoms with Crippen LogP contribution in [0.1, 0.15) is 19.3 Å². The predicted molar refractivity (Wildman–Crippen MR) is 60.4 cm³/mol. The van der Waals surface area contributed by atoms with Crippen molar-refractivity contribution in [2.45, 2.75) is 25.3 Å².